The van der Waals surface area contributed by atoms with Gasteiger partial charge in [0.15, 0.2) is 0 Å². The molecule has 160 valence electrons. The number of hydrogen-bond donors (Lipinski definition) is 2. The third-order valence-corrected chi connectivity index (χ3v) is 6.41. The first-order valence-corrected chi connectivity index (χ1v) is 10.5. The van der Waals surface area contributed by atoms with Crippen LogP contribution in [0.4, 0.5) is 5.69 Å². The average molecular weight is 431 g/mol. The summed E-state index contributed by atoms with van der Waals surface area (Å²) >= 11 is 1.72. The van der Waals surface area contributed by atoms with Crippen molar-refractivity contribution in [3.8, 4) is 11.5 Å². The predicted octanol–water partition coefficient (Wildman–Crippen LogP) is 3.10. The number of nitrogens with one attached hydrogen (secondary N) is 2. The highest BCUT2D eigenvalue weighted by Gasteiger charge is 2.35. The van der Waals surface area contributed by atoms with Crippen LogP contribution in [0.5, 0.6) is 11.5 Å². The molecule has 0 unspecified atom stereocenters. The molecule has 8 heteroatoms. The molecule has 1 heterocycles. The number of rotatable bonds is 7. The first kappa shape index (κ1) is 22.0. The highest BCUT2D eigenvalue weighted by Crippen LogP contribution is 2.40. The van der Waals surface area contributed by atoms with Gasteiger partial charge in [-0.15, -0.1) is 11.8 Å². The van der Waals surface area contributed by atoms with Crippen molar-refractivity contribution in [3.05, 3.63) is 48.5 Å². The van der Waals surface area contributed by atoms with Crippen LogP contribution in [0.1, 0.15) is 12.8 Å². The Balaban J connectivity index is 1.63. The van der Waals surface area contributed by atoms with Gasteiger partial charge < -0.3 is 24.8 Å². The standard InChI is InChI=1S/C22H26N2O5S/c1-27-16-8-9-18(19(14-16)28-2)24-21(26)20(25)23-15-22(10-12-29-13-11-22)30-17-6-4-3-5-7-17/h3-9,14H,10-13,15H2,1-2H3,(H,23,25)(H,24,26). The lowest BCUT2D eigenvalue weighted by Gasteiger charge is -2.36. The molecule has 30 heavy (non-hydrogen) atoms. The van der Waals surface area contributed by atoms with Crippen molar-refractivity contribution in [1.29, 1.82) is 0 Å². The number of amides is 2. The quantitative estimate of drug-likeness (QED) is 0.657. The number of hydrogen-bond acceptors (Lipinski definition) is 6. The summed E-state index contributed by atoms with van der Waals surface area (Å²) in [5.74, 6) is -0.428. The smallest absolute Gasteiger partial charge is 0.313 e. The number of carbonyl (C=O) groups excluding carboxylic acids is 2. The minimum absolute atomic E-state index is 0.215. The summed E-state index contributed by atoms with van der Waals surface area (Å²) < 4.78 is 15.7. The fourth-order valence-electron chi connectivity index (χ4n) is 3.20. The molecule has 3 rings (SSSR count). The molecule has 0 spiro atoms. The zero-order valence-corrected chi connectivity index (χ0v) is 17.9. The van der Waals surface area contributed by atoms with E-state index in [1.165, 1.54) is 7.11 Å². The lowest BCUT2D eigenvalue weighted by atomic mass is 9.99. The van der Waals surface area contributed by atoms with Gasteiger partial charge in [-0.2, -0.15) is 0 Å². The monoisotopic (exact) mass is 430 g/mol. The van der Waals surface area contributed by atoms with Crippen molar-refractivity contribution in [2.75, 3.05) is 39.3 Å². The first-order valence-electron chi connectivity index (χ1n) is 9.68. The summed E-state index contributed by atoms with van der Waals surface area (Å²) in [5.41, 5.74) is 0.401. The molecule has 0 atom stereocenters. The largest absolute Gasteiger partial charge is 0.497 e. The van der Waals surface area contributed by atoms with Crippen LogP contribution >= 0.6 is 11.8 Å². The third kappa shape index (κ3) is 5.67. The van der Waals surface area contributed by atoms with E-state index in [1.807, 2.05) is 30.3 Å². The number of ether oxygens (including phenoxy) is 3. The fourth-order valence-corrected chi connectivity index (χ4v) is 4.51. The second-order valence-corrected chi connectivity index (χ2v) is 8.46. The van der Waals surface area contributed by atoms with Gasteiger partial charge in [0.1, 0.15) is 11.5 Å². The summed E-state index contributed by atoms with van der Waals surface area (Å²) in [6.45, 7) is 1.64. The maximum Gasteiger partial charge on any atom is 0.313 e. The van der Waals surface area contributed by atoms with Crippen LogP contribution < -0.4 is 20.1 Å². The van der Waals surface area contributed by atoms with Gasteiger partial charge in [0.2, 0.25) is 0 Å². The van der Waals surface area contributed by atoms with Crippen molar-refractivity contribution in [2.24, 2.45) is 0 Å². The molecule has 0 bridgehead atoms. The van der Waals surface area contributed by atoms with E-state index in [4.69, 9.17) is 14.2 Å². The van der Waals surface area contributed by atoms with E-state index in [-0.39, 0.29) is 4.75 Å². The molecule has 0 aliphatic carbocycles. The molecule has 1 aliphatic rings. The molecule has 7 nitrogen and oxygen atoms in total. The van der Waals surface area contributed by atoms with Gasteiger partial charge in [-0.25, -0.2) is 0 Å². The topological polar surface area (TPSA) is 85.9 Å². The lowest BCUT2D eigenvalue weighted by Crippen LogP contribution is -2.47. The Bertz CT molecular complexity index is 869. The molecule has 2 amide bonds. The molecular weight excluding hydrogens is 404 g/mol. The zero-order chi connectivity index (χ0) is 21.4. The number of thioether (sulfide) groups is 1. The van der Waals surface area contributed by atoms with Crippen LogP contribution in [0.3, 0.4) is 0 Å². The van der Waals surface area contributed by atoms with Gasteiger partial charge in [-0.3, -0.25) is 9.59 Å². The van der Waals surface area contributed by atoms with Crippen molar-refractivity contribution in [3.63, 3.8) is 0 Å². The van der Waals surface area contributed by atoms with E-state index in [0.717, 1.165) is 17.7 Å². The number of benzene rings is 2. The van der Waals surface area contributed by atoms with Crippen LogP contribution in [0.2, 0.25) is 0 Å². The van der Waals surface area contributed by atoms with Crippen molar-refractivity contribution < 1.29 is 23.8 Å². The Kier molecular flexibility index (Phi) is 7.59. The van der Waals surface area contributed by atoms with Crippen LogP contribution in [-0.2, 0) is 14.3 Å². The highest BCUT2D eigenvalue weighted by atomic mass is 32.2. The predicted molar refractivity (Wildman–Crippen MR) is 116 cm³/mol. The second kappa shape index (κ2) is 10.4. The summed E-state index contributed by atoms with van der Waals surface area (Å²) in [6.07, 6.45) is 1.58. The van der Waals surface area contributed by atoms with Gasteiger partial charge in [-0.05, 0) is 37.1 Å². The molecule has 2 aromatic carbocycles. The molecule has 2 N–H and O–H groups in total. The summed E-state index contributed by atoms with van der Waals surface area (Å²) in [5, 5.41) is 5.40. The Labute approximate surface area is 180 Å². The Hall–Kier alpha value is -2.71. The zero-order valence-electron chi connectivity index (χ0n) is 17.1. The van der Waals surface area contributed by atoms with E-state index >= 15 is 0 Å². The van der Waals surface area contributed by atoms with Gasteiger partial charge >= 0.3 is 11.8 Å². The summed E-state index contributed by atoms with van der Waals surface area (Å²) in [6, 6.07) is 15.0. The van der Waals surface area contributed by atoms with Gasteiger partial charge in [-0.1, -0.05) is 18.2 Å². The van der Waals surface area contributed by atoms with Crippen molar-refractivity contribution >= 4 is 29.3 Å². The summed E-state index contributed by atoms with van der Waals surface area (Å²) in [7, 11) is 3.03. The van der Waals surface area contributed by atoms with Crippen LogP contribution in [-0.4, -0.2) is 50.5 Å². The Morgan fingerprint density at radius 1 is 1.03 bits per heavy atom. The molecule has 0 saturated carbocycles. The summed E-state index contributed by atoms with van der Waals surface area (Å²) in [4.78, 5) is 26.0. The molecule has 1 fully saturated rings. The minimum atomic E-state index is -0.745. The number of methoxy groups -OCH3 is 2. The fraction of sp³-hybridized carbons (Fsp3) is 0.364. The van der Waals surface area contributed by atoms with Gasteiger partial charge in [0, 0.05) is 35.5 Å². The minimum Gasteiger partial charge on any atom is -0.497 e. The van der Waals surface area contributed by atoms with Crippen LogP contribution in [0.15, 0.2) is 53.4 Å². The number of anilines is 1. The Morgan fingerprint density at radius 3 is 2.43 bits per heavy atom. The van der Waals surface area contributed by atoms with E-state index in [1.54, 1.807) is 37.1 Å². The van der Waals surface area contributed by atoms with Crippen molar-refractivity contribution in [2.45, 2.75) is 22.5 Å². The van der Waals surface area contributed by atoms with Crippen molar-refractivity contribution in [1.82, 2.24) is 5.32 Å². The molecule has 0 radical (unpaired) electrons. The van der Waals surface area contributed by atoms with E-state index in [9.17, 15) is 9.59 Å². The molecule has 2 aromatic rings. The van der Waals surface area contributed by atoms with Crippen LogP contribution in [0.25, 0.3) is 0 Å². The lowest BCUT2D eigenvalue weighted by molar-refractivity contribution is -0.136. The van der Waals surface area contributed by atoms with E-state index in [2.05, 4.69) is 10.6 Å². The SMILES string of the molecule is COc1ccc(NC(=O)C(=O)NCC2(Sc3ccccc3)CCOCC2)c(OC)c1. The third-order valence-electron chi connectivity index (χ3n) is 4.92. The van der Waals surface area contributed by atoms with Gasteiger partial charge in [0.05, 0.1) is 19.9 Å². The van der Waals surface area contributed by atoms with Crippen LogP contribution in [0, 0.1) is 0 Å². The maximum atomic E-state index is 12.5. The Morgan fingerprint density at radius 2 is 1.77 bits per heavy atom. The number of carbonyl (C=O) groups is 2. The average Bonchev–Trinajstić information content (AvgIpc) is 2.79. The molecule has 0 aromatic heterocycles. The van der Waals surface area contributed by atoms with E-state index < -0.39 is 11.8 Å². The highest BCUT2D eigenvalue weighted by molar-refractivity contribution is 8.00. The molecule has 1 aliphatic heterocycles. The normalized spacial score (nSPS) is 15.1. The molecular formula is C22H26N2O5S. The first-order chi connectivity index (χ1) is 14.5. The van der Waals surface area contributed by atoms with Gasteiger partial charge in [0.25, 0.3) is 0 Å². The molecule has 1 saturated heterocycles. The van der Waals surface area contributed by atoms with E-state index in [0.29, 0.717) is 36.9 Å². The second-order valence-electron chi connectivity index (χ2n) is 6.91. The maximum absolute atomic E-state index is 12.5.